The van der Waals surface area contributed by atoms with Crippen molar-refractivity contribution < 1.29 is 0 Å². The molecule has 1 fully saturated rings. The van der Waals surface area contributed by atoms with Gasteiger partial charge >= 0.3 is 0 Å². The third-order valence-corrected chi connectivity index (χ3v) is 6.12. The van der Waals surface area contributed by atoms with Gasteiger partial charge in [-0.3, -0.25) is 0 Å². The van der Waals surface area contributed by atoms with Crippen LogP contribution in [0.15, 0.2) is 6.07 Å². The van der Waals surface area contributed by atoms with E-state index in [4.69, 9.17) is 11.6 Å². The summed E-state index contributed by atoms with van der Waals surface area (Å²) < 4.78 is 0.966. The lowest BCUT2D eigenvalue weighted by Gasteiger charge is -2.28. The van der Waals surface area contributed by atoms with Crippen LogP contribution >= 0.6 is 22.9 Å². The molecule has 3 heteroatoms. The summed E-state index contributed by atoms with van der Waals surface area (Å²) in [5, 5.41) is 3.94. The molecule has 0 aliphatic heterocycles. The summed E-state index contributed by atoms with van der Waals surface area (Å²) in [6, 6.07) is 3.49. The number of thiophene rings is 1. The molecule has 1 aromatic rings. The van der Waals surface area contributed by atoms with E-state index in [1.54, 1.807) is 11.3 Å². The van der Waals surface area contributed by atoms with E-state index >= 15 is 0 Å². The van der Waals surface area contributed by atoms with Crippen LogP contribution in [0.5, 0.6) is 0 Å². The fraction of sp³-hybridized carbons (Fsp3) is 0.750. The number of hydrogen-bond acceptors (Lipinski definition) is 2. The Balaban J connectivity index is 1.67. The SMILES string of the molecule is CC1CCCC(NC2CCCc3sc(Cl)cc32)CC1. The van der Waals surface area contributed by atoms with Crippen molar-refractivity contribution in [2.24, 2.45) is 5.92 Å². The molecule has 3 unspecified atom stereocenters. The van der Waals surface area contributed by atoms with E-state index in [0.29, 0.717) is 6.04 Å². The number of nitrogens with one attached hydrogen (secondary N) is 1. The highest BCUT2D eigenvalue weighted by atomic mass is 35.5. The molecule has 0 amide bonds. The molecule has 3 atom stereocenters. The lowest BCUT2D eigenvalue weighted by molar-refractivity contribution is 0.366. The molecule has 0 bridgehead atoms. The summed E-state index contributed by atoms with van der Waals surface area (Å²) in [6.45, 7) is 2.40. The average molecular weight is 298 g/mol. The molecule has 2 aliphatic carbocycles. The second kappa shape index (κ2) is 6.15. The molecule has 0 saturated heterocycles. The summed E-state index contributed by atoms with van der Waals surface area (Å²) in [6.07, 6.45) is 10.7. The molecule has 106 valence electrons. The maximum atomic E-state index is 6.19. The number of rotatable bonds is 2. The fourth-order valence-electron chi connectivity index (χ4n) is 3.63. The van der Waals surface area contributed by atoms with Gasteiger partial charge in [-0.15, -0.1) is 11.3 Å². The number of hydrogen-bond donors (Lipinski definition) is 1. The van der Waals surface area contributed by atoms with Crippen molar-refractivity contribution in [2.75, 3.05) is 0 Å². The molecule has 1 heterocycles. The van der Waals surface area contributed by atoms with E-state index in [1.165, 1.54) is 61.8 Å². The quantitative estimate of drug-likeness (QED) is 0.727. The highest BCUT2D eigenvalue weighted by molar-refractivity contribution is 7.16. The summed E-state index contributed by atoms with van der Waals surface area (Å²) in [4.78, 5) is 1.52. The standard InChI is InChI=1S/C16H24ClNS/c1-11-4-2-5-12(9-8-11)18-14-6-3-7-15-13(14)10-16(17)19-15/h10-12,14,18H,2-9H2,1H3. The van der Waals surface area contributed by atoms with E-state index in [0.717, 1.165) is 16.3 Å². The summed E-state index contributed by atoms with van der Waals surface area (Å²) >= 11 is 7.98. The zero-order valence-electron chi connectivity index (χ0n) is 11.8. The second-order valence-corrected chi connectivity index (χ2v) is 8.12. The van der Waals surface area contributed by atoms with Crippen molar-refractivity contribution in [1.82, 2.24) is 5.32 Å². The van der Waals surface area contributed by atoms with Crippen molar-refractivity contribution in [2.45, 2.75) is 70.4 Å². The van der Waals surface area contributed by atoms with E-state index in [-0.39, 0.29) is 0 Å². The van der Waals surface area contributed by atoms with Crippen LogP contribution < -0.4 is 5.32 Å². The van der Waals surface area contributed by atoms with Gasteiger partial charge in [0.05, 0.1) is 4.34 Å². The third-order valence-electron chi connectivity index (χ3n) is 4.78. The Labute approximate surface area is 125 Å². The molecule has 2 aliphatic rings. The van der Waals surface area contributed by atoms with Crippen molar-refractivity contribution in [3.05, 3.63) is 20.8 Å². The van der Waals surface area contributed by atoms with Gasteiger partial charge in [0.2, 0.25) is 0 Å². The maximum absolute atomic E-state index is 6.19. The number of fused-ring (bicyclic) bond motifs is 1. The van der Waals surface area contributed by atoms with Crippen LogP contribution in [-0.4, -0.2) is 6.04 Å². The minimum atomic E-state index is 0.561. The molecule has 1 N–H and O–H groups in total. The zero-order valence-corrected chi connectivity index (χ0v) is 13.3. The lowest BCUT2D eigenvalue weighted by Crippen LogP contribution is -2.34. The van der Waals surface area contributed by atoms with Crippen LogP contribution in [0, 0.1) is 5.92 Å². The van der Waals surface area contributed by atoms with E-state index in [9.17, 15) is 0 Å². The maximum Gasteiger partial charge on any atom is 0.0934 e. The summed E-state index contributed by atoms with van der Waals surface area (Å²) in [5.41, 5.74) is 1.50. The largest absolute Gasteiger partial charge is 0.307 e. The Morgan fingerprint density at radius 3 is 2.95 bits per heavy atom. The third kappa shape index (κ3) is 3.34. The smallest absolute Gasteiger partial charge is 0.0934 e. The van der Waals surface area contributed by atoms with Gasteiger partial charge in [0.25, 0.3) is 0 Å². The van der Waals surface area contributed by atoms with Crippen LogP contribution in [0.25, 0.3) is 0 Å². The van der Waals surface area contributed by atoms with Crippen LogP contribution in [0.2, 0.25) is 4.34 Å². The number of aryl methyl sites for hydroxylation is 1. The van der Waals surface area contributed by atoms with Gasteiger partial charge in [-0.25, -0.2) is 0 Å². The first-order valence-electron chi connectivity index (χ1n) is 7.76. The van der Waals surface area contributed by atoms with Gasteiger partial charge < -0.3 is 5.32 Å². The second-order valence-electron chi connectivity index (χ2n) is 6.35. The topological polar surface area (TPSA) is 12.0 Å². The van der Waals surface area contributed by atoms with E-state index in [1.807, 2.05) is 0 Å². The lowest BCUT2D eigenvalue weighted by atomic mass is 9.92. The van der Waals surface area contributed by atoms with Gasteiger partial charge in [-0.2, -0.15) is 0 Å². The van der Waals surface area contributed by atoms with E-state index in [2.05, 4.69) is 18.3 Å². The molecule has 0 radical (unpaired) electrons. The van der Waals surface area contributed by atoms with Crippen molar-refractivity contribution in [1.29, 1.82) is 0 Å². The molecule has 3 rings (SSSR count). The molecule has 1 aromatic heterocycles. The van der Waals surface area contributed by atoms with E-state index < -0.39 is 0 Å². The average Bonchev–Trinajstić information content (AvgIpc) is 2.65. The highest BCUT2D eigenvalue weighted by Crippen LogP contribution is 2.38. The highest BCUT2D eigenvalue weighted by Gasteiger charge is 2.25. The Morgan fingerprint density at radius 1 is 1.16 bits per heavy atom. The van der Waals surface area contributed by atoms with Gasteiger partial charge in [0, 0.05) is 17.0 Å². The van der Waals surface area contributed by atoms with Crippen molar-refractivity contribution >= 4 is 22.9 Å². The predicted octanol–water partition coefficient (Wildman–Crippen LogP) is 5.34. The van der Waals surface area contributed by atoms with Crippen LogP contribution in [0.4, 0.5) is 0 Å². The monoisotopic (exact) mass is 297 g/mol. The van der Waals surface area contributed by atoms with Crippen LogP contribution in [0.1, 0.15) is 68.4 Å². The first kappa shape index (κ1) is 13.9. The molecule has 1 saturated carbocycles. The zero-order chi connectivity index (χ0) is 13.2. The first-order chi connectivity index (χ1) is 9.22. The Bertz CT molecular complexity index is 428. The van der Waals surface area contributed by atoms with Crippen molar-refractivity contribution in [3.8, 4) is 0 Å². The molecular weight excluding hydrogens is 274 g/mol. The summed E-state index contributed by atoms with van der Waals surface area (Å²) in [5.74, 6) is 0.921. The van der Waals surface area contributed by atoms with Gasteiger partial charge in [-0.05, 0) is 56.1 Å². The molecule has 0 aromatic carbocycles. The molecule has 19 heavy (non-hydrogen) atoms. The minimum absolute atomic E-state index is 0.561. The fourth-order valence-corrected chi connectivity index (χ4v) is 5.02. The molecular formula is C16H24ClNS. The van der Waals surface area contributed by atoms with Crippen molar-refractivity contribution in [3.63, 3.8) is 0 Å². The number of halogens is 1. The van der Waals surface area contributed by atoms with Crippen LogP contribution in [-0.2, 0) is 6.42 Å². The van der Waals surface area contributed by atoms with Gasteiger partial charge in [0.1, 0.15) is 0 Å². The van der Waals surface area contributed by atoms with Crippen LogP contribution in [0.3, 0.4) is 0 Å². The first-order valence-corrected chi connectivity index (χ1v) is 8.96. The normalized spacial score (nSPS) is 31.8. The van der Waals surface area contributed by atoms with Gasteiger partial charge in [0.15, 0.2) is 0 Å². The Hall–Kier alpha value is -0.0500. The summed E-state index contributed by atoms with van der Waals surface area (Å²) in [7, 11) is 0. The molecule has 0 spiro atoms. The predicted molar refractivity (Wildman–Crippen MR) is 84.2 cm³/mol. The van der Waals surface area contributed by atoms with Gasteiger partial charge in [-0.1, -0.05) is 31.4 Å². The minimum Gasteiger partial charge on any atom is -0.307 e. The molecule has 1 nitrogen and oxygen atoms in total. The Morgan fingerprint density at radius 2 is 2.05 bits per heavy atom. The Kier molecular flexibility index (Phi) is 4.51.